The number of thiazole rings is 1. The number of hydrogen-bond donors (Lipinski definition) is 0. The zero-order valence-corrected chi connectivity index (χ0v) is 13.9. The van der Waals surface area contributed by atoms with E-state index < -0.39 is 0 Å². The summed E-state index contributed by atoms with van der Waals surface area (Å²) in [6, 6.07) is 7.99. The van der Waals surface area contributed by atoms with Gasteiger partial charge in [-0.2, -0.15) is 0 Å². The van der Waals surface area contributed by atoms with Crippen LogP contribution >= 0.6 is 33.9 Å². The summed E-state index contributed by atoms with van der Waals surface area (Å²) in [6.07, 6.45) is 0.0569. The van der Waals surface area contributed by atoms with E-state index in [-0.39, 0.29) is 6.10 Å². The van der Waals surface area contributed by atoms with Crippen molar-refractivity contribution in [3.8, 4) is 5.75 Å². The van der Waals surface area contributed by atoms with Gasteiger partial charge in [0.2, 0.25) is 0 Å². The van der Waals surface area contributed by atoms with Gasteiger partial charge in [-0.05, 0) is 54.6 Å². The fourth-order valence-corrected chi connectivity index (χ4v) is 2.93. The SMILES string of the molecule is CCOC(C)c1nc(COc2cccc(I)c2)cs1. The average molecular weight is 389 g/mol. The van der Waals surface area contributed by atoms with Gasteiger partial charge in [-0.25, -0.2) is 4.98 Å². The third-order valence-electron chi connectivity index (χ3n) is 2.52. The molecule has 0 aliphatic rings. The molecule has 2 aromatic rings. The number of halogens is 1. The number of hydrogen-bond acceptors (Lipinski definition) is 4. The molecule has 3 nitrogen and oxygen atoms in total. The summed E-state index contributed by atoms with van der Waals surface area (Å²) < 4.78 is 12.4. The first-order chi connectivity index (χ1) is 9.19. The van der Waals surface area contributed by atoms with Gasteiger partial charge in [0.15, 0.2) is 0 Å². The molecule has 0 saturated heterocycles. The van der Waals surface area contributed by atoms with Crippen LogP contribution in [-0.4, -0.2) is 11.6 Å². The van der Waals surface area contributed by atoms with E-state index in [1.54, 1.807) is 11.3 Å². The normalized spacial score (nSPS) is 12.4. The first-order valence-electron chi connectivity index (χ1n) is 6.13. The van der Waals surface area contributed by atoms with Gasteiger partial charge in [0.25, 0.3) is 0 Å². The first-order valence-corrected chi connectivity index (χ1v) is 8.09. The molecule has 102 valence electrons. The molecule has 1 aromatic carbocycles. The maximum atomic E-state index is 5.72. The quantitative estimate of drug-likeness (QED) is 0.686. The van der Waals surface area contributed by atoms with E-state index in [1.807, 2.05) is 43.5 Å². The second-order valence-corrected chi connectivity index (χ2v) is 6.16. The molecule has 1 heterocycles. The maximum absolute atomic E-state index is 5.72. The number of benzene rings is 1. The van der Waals surface area contributed by atoms with Crippen molar-refractivity contribution in [2.24, 2.45) is 0 Å². The highest BCUT2D eigenvalue weighted by Gasteiger charge is 2.10. The number of nitrogens with zero attached hydrogens (tertiary/aromatic N) is 1. The molecule has 0 bridgehead atoms. The third-order valence-corrected chi connectivity index (χ3v) is 4.24. The van der Waals surface area contributed by atoms with E-state index in [0.717, 1.165) is 16.5 Å². The van der Waals surface area contributed by atoms with Crippen LogP contribution in [0.15, 0.2) is 29.6 Å². The molecule has 0 N–H and O–H groups in total. The summed E-state index contributed by atoms with van der Waals surface area (Å²) in [4.78, 5) is 4.53. The number of rotatable bonds is 6. The van der Waals surface area contributed by atoms with E-state index in [0.29, 0.717) is 13.2 Å². The predicted octanol–water partition coefficient (Wildman–Crippen LogP) is 4.42. The second kappa shape index (κ2) is 7.21. The summed E-state index contributed by atoms with van der Waals surface area (Å²) in [6.45, 7) is 5.21. The molecular formula is C14H16INO2S. The average Bonchev–Trinajstić information content (AvgIpc) is 2.86. The Kier molecular flexibility index (Phi) is 5.59. The highest BCUT2D eigenvalue weighted by molar-refractivity contribution is 14.1. The van der Waals surface area contributed by atoms with Gasteiger partial charge in [-0.1, -0.05) is 6.07 Å². The van der Waals surface area contributed by atoms with Gasteiger partial charge in [0.05, 0.1) is 5.69 Å². The Morgan fingerprint density at radius 1 is 1.42 bits per heavy atom. The number of ether oxygens (including phenoxy) is 2. The van der Waals surface area contributed by atoms with Crippen molar-refractivity contribution in [2.45, 2.75) is 26.6 Å². The van der Waals surface area contributed by atoms with Gasteiger partial charge < -0.3 is 9.47 Å². The zero-order valence-electron chi connectivity index (χ0n) is 10.9. The lowest BCUT2D eigenvalue weighted by Crippen LogP contribution is -2.00. The predicted molar refractivity (Wildman–Crippen MR) is 85.6 cm³/mol. The van der Waals surface area contributed by atoms with Crippen LogP contribution in [0.4, 0.5) is 0 Å². The summed E-state index contributed by atoms with van der Waals surface area (Å²) in [5, 5.41) is 3.03. The van der Waals surface area contributed by atoms with Crippen LogP contribution in [0.3, 0.4) is 0 Å². The smallest absolute Gasteiger partial charge is 0.131 e. The van der Waals surface area contributed by atoms with Crippen molar-refractivity contribution in [1.29, 1.82) is 0 Å². The van der Waals surface area contributed by atoms with Crippen LogP contribution in [0.2, 0.25) is 0 Å². The van der Waals surface area contributed by atoms with Crippen molar-refractivity contribution < 1.29 is 9.47 Å². The summed E-state index contributed by atoms with van der Waals surface area (Å²) in [7, 11) is 0. The van der Waals surface area contributed by atoms with E-state index in [9.17, 15) is 0 Å². The molecule has 0 spiro atoms. The van der Waals surface area contributed by atoms with Crippen LogP contribution in [0.5, 0.6) is 5.75 Å². The molecule has 0 amide bonds. The Bertz CT molecular complexity index is 530. The minimum atomic E-state index is 0.0569. The summed E-state index contributed by atoms with van der Waals surface area (Å²) in [5.74, 6) is 0.874. The monoisotopic (exact) mass is 389 g/mol. The Morgan fingerprint density at radius 2 is 2.26 bits per heavy atom. The Labute approximate surface area is 131 Å². The second-order valence-electron chi connectivity index (χ2n) is 4.02. The lowest BCUT2D eigenvalue weighted by molar-refractivity contribution is 0.0760. The Morgan fingerprint density at radius 3 is 3.00 bits per heavy atom. The van der Waals surface area contributed by atoms with Gasteiger partial charge in [0, 0.05) is 15.6 Å². The minimum absolute atomic E-state index is 0.0569. The van der Waals surface area contributed by atoms with E-state index >= 15 is 0 Å². The van der Waals surface area contributed by atoms with Crippen molar-refractivity contribution in [1.82, 2.24) is 4.98 Å². The summed E-state index contributed by atoms with van der Waals surface area (Å²) in [5.41, 5.74) is 0.949. The van der Waals surface area contributed by atoms with Gasteiger partial charge in [0.1, 0.15) is 23.5 Å². The molecule has 0 saturated carbocycles. The maximum Gasteiger partial charge on any atom is 0.131 e. The summed E-state index contributed by atoms with van der Waals surface area (Å²) >= 11 is 3.89. The molecule has 0 aliphatic heterocycles. The standard InChI is InChI=1S/C14H16INO2S/c1-3-17-10(2)14-16-12(9-19-14)8-18-13-6-4-5-11(15)7-13/h4-7,9-10H,3,8H2,1-2H3. The van der Waals surface area contributed by atoms with Crippen LogP contribution in [0.1, 0.15) is 30.7 Å². The van der Waals surface area contributed by atoms with E-state index in [1.165, 1.54) is 3.57 Å². The molecule has 0 aliphatic carbocycles. The molecule has 0 radical (unpaired) electrons. The van der Waals surface area contributed by atoms with Crippen LogP contribution in [0.25, 0.3) is 0 Å². The zero-order chi connectivity index (χ0) is 13.7. The molecule has 19 heavy (non-hydrogen) atoms. The highest BCUT2D eigenvalue weighted by Crippen LogP contribution is 2.22. The van der Waals surface area contributed by atoms with Crippen LogP contribution in [0, 0.1) is 3.57 Å². The van der Waals surface area contributed by atoms with E-state index in [4.69, 9.17) is 9.47 Å². The topological polar surface area (TPSA) is 31.4 Å². The number of aromatic nitrogens is 1. The molecule has 2 rings (SSSR count). The lowest BCUT2D eigenvalue weighted by Gasteiger charge is -2.07. The lowest BCUT2D eigenvalue weighted by atomic mass is 10.3. The molecule has 1 atom stereocenters. The van der Waals surface area contributed by atoms with Crippen LogP contribution < -0.4 is 4.74 Å². The third kappa shape index (κ3) is 4.43. The molecular weight excluding hydrogens is 373 g/mol. The molecule has 1 aromatic heterocycles. The minimum Gasteiger partial charge on any atom is -0.487 e. The van der Waals surface area contributed by atoms with Crippen molar-refractivity contribution in [3.05, 3.63) is 43.9 Å². The Hall–Kier alpha value is -0.660. The fraction of sp³-hybridized carbons (Fsp3) is 0.357. The highest BCUT2D eigenvalue weighted by atomic mass is 127. The van der Waals surface area contributed by atoms with Crippen LogP contribution in [-0.2, 0) is 11.3 Å². The van der Waals surface area contributed by atoms with Gasteiger partial charge in [-0.3, -0.25) is 0 Å². The van der Waals surface area contributed by atoms with Gasteiger partial charge in [-0.15, -0.1) is 11.3 Å². The van der Waals surface area contributed by atoms with E-state index in [2.05, 4.69) is 27.6 Å². The molecule has 0 fully saturated rings. The van der Waals surface area contributed by atoms with Crippen molar-refractivity contribution in [3.63, 3.8) is 0 Å². The largest absolute Gasteiger partial charge is 0.487 e. The Balaban J connectivity index is 1.93. The van der Waals surface area contributed by atoms with Crippen molar-refractivity contribution >= 4 is 33.9 Å². The molecule has 5 heteroatoms. The van der Waals surface area contributed by atoms with Crippen molar-refractivity contribution in [2.75, 3.05) is 6.61 Å². The first kappa shape index (κ1) is 14.7. The van der Waals surface area contributed by atoms with Gasteiger partial charge >= 0.3 is 0 Å². The fourth-order valence-electron chi connectivity index (χ4n) is 1.61. The molecule has 1 unspecified atom stereocenters.